The summed E-state index contributed by atoms with van der Waals surface area (Å²) < 4.78 is 16.2. The molecule has 1 amide bonds. The first-order valence-electron chi connectivity index (χ1n) is 9.22. The number of carbonyl (C=O) groups excluding carboxylic acids is 1. The fourth-order valence-corrected chi connectivity index (χ4v) is 3.11. The van der Waals surface area contributed by atoms with Gasteiger partial charge in [-0.3, -0.25) is 15.1 Å². The molecule has 0 aliphatic heterocycles. The number of hydrogen-bond donors (Lipinski definition) is 2. The molecule has 9 heteroatoms. The number of oxazole rings is 1. The zero-order valence-corrected chi connectivity index (χ0v) is 17.5. The van der Waals surface area contributed by atoms with E-state index in [1.54, 1.807) is 48.8 Å². The van der Waals surface area contributed by atoms with Gasteiger partial charge in [0.1, 0.15) is 17.0 Å². The summed E-state index contributed by atoms with van der Waals surface area (Å²) in [6, 6.07) is 13.9. The highest BCUT2D eigenvalue weighted by atomic mass is 32.1. The molecule has 2 aromatic carbocycles. The van der Waals surface area contributed by atoms with Crippen LogP contribution in [0.1, 0.15) is 10.4 Å². The lowest BCUT2D eigenvalue weighted by Crippen LogP contribution is -2.34. The number of thiocarbonyl (C=S) groups is 1. The van der Waals surface area contributed by atoms with Crippen LogP contribution in [0.15, 0.2) is 65.3 Å². The number of rotatable bonds is 5. The molecule has 0 aliphatic carbocycles. The second kappa shape index (κ2) is 8.80. The number of nitrogens with zero attached hydrogens (tertiary/aromatic N) is 2. The van der Waals surface area contributed by atoms with Gasteiger partial charge in [0, 0.05) is 35.3 Å². The summed E-state index contributed by atoms with van der Waals surface area (Å²) in [5.74, 6) is 1.12. The van der Waals surface area contributed by atoms with E-state index in [0.29, 0.717) is 39.7 Å². The Balaban J connectivity index is 1.47. The molecule has 4 aromatic rings. The predicted octanol–water partition coefficient (Wildman–Crippen LogP) is 4.03. The number of benzene rings is 2. The van der Waals surface area contributed by atoms with E-state index >= 15 is 0 Å². The lowest BCUT2D eigenvalue weighted by atomic mass is 10.2. The van der Waals surface area contributed by atoms with Crippen molar-refractivity contribution in [3.05, 3.63) is 66.5 Å². The van der Waals surface area contributed by atoms with Gasteiger partial charge in [0.25, 0.3) is 5.91 Å². The van der Waals surface area contributed by atoms with Gasteiger partial charge in [0.15, 0.2) is 10.7 Å². The van der Waals surface area contributed by atoms with E-state index < -0.39 is 5.91 Å². The van der Waals surface area contributed by atoms with Gasteiger partial charge >= 0.3 is 0 Å². The number of anilines is 1. The molecule has 156 valence electrons. The molecule has 0 aliphatic rings. The van der Waals surface area contributed by atoms with Crippen LogP contribution in [0.25, 0.3) is 22.6 Å². The maximum Gasteiger partial charge on any atom is 0.257 e. The van der Waals surface area contributed by atoms with E-state index in [2.05, 4.69) is 20.6 Å². The molecule has 0 radical (unpaired) electrons. The first-order chi connectivity index (χ1) is 15.1. The molecule has 0 saturated carbocycles. The number of ether oxygens (including phenoxy) is 2. The molecule has 0 saturated heterocycles. The van der Waals surface area contributed by atoms with E-state index in [0.717, 1.165) is 5.56 Å². The van der Waals surface area contributed by atoms with Crippen molar-refractivity contribution < 1.29 is 18.7 Å². The average Bonchev–Trinajstić information content (AvgIpc) is 3.22. The lowest BCUT2D eigenvalue weighted by Gasteiger charge is -2.11. The molecule has 0 atom stereocenters. The van der Waals surface area contributed by atoms with E-state index in [1.807, 2.05) is 12.1 Å². The third-order valence-electron chi connectivity index (χ3n) is 4.41. The van der Waals surface area contributed by atoms with E-state index in [-0.39, 0.29) is 5.11 Å². The highest BCUT2D eigenvalue weighted by Gasteiger charge is 2.13. The molecule has 8 nitrogen and oxygen atoms in total. The predicted molar refractivity (Wildman–Crippen MR) is 120 cm³/mol. The molecular formula is C22H18N4O4S. The smallest absolute Gasteiger partial charge is 0.257 e. The van der Waals surface area contributed by atoms with Crippen LogP contribution in [-0.4, -0.2) is 35.2 Å². The van der Waals surface area contributed by atoms with Gasteiger partial charge in [-0.2, -0.15) is 0 Å². The van der Waals surface area contributed by atoms with E-state index in [1.165, 1.54) is 14.2 Å². The fraction of sp³-hybridized carbons (Fsp3) is 0.0909. The van der Waals surface area contributed by atoms with Crippen molar-refractivity contribution in [3.63, 3.8) is 0 Å². The van der Waals surface area contributed by atoms with Gasteiger partial charge in [-0.15, -0.1) is 0 Å². The van der Waals surface area contributed by atoms with Crippen LogP contribution in [0.5, 0.6) is 11.5 Å². The second-order valence-electron chi connectivity index (χ2n) is 6.45. The summed E-state index contributed by atoms with van der Waals surface area (Å²) in [7, 11) is 3.03. The molecular weight excluding hydrogens is 416 g/mol. The zero-order chi connectivity index (χ0) is 21.8. The molecule has 0 unspecified atom stereocenters. The van der Waals surface area contributed by atoms with E-state index in [9.17, 15) is 4.79 Å². The van der Waals surface area contributed by atoms with Crippen molar-refractivity contribution in [1.29, 1.82) is 0 Å². The Morgan fingerprint density at radius 3 is 2.39 bits per heavy atom. The van der Waals surface area contributed by atoms with Crippen molar-refractivity contribution in [2.75, 3.05) is 19.5 Å². The van der Waals surface area contributed by atoms with Gasteiger partial charge in [0.2, 0.25) is 5.89 Å². The highest BCUT2D eigenvalue weighted by molar-refractivity contribution is 7.80. The minimum Gasteiger partial charge on any atom is -0.497 e. The number of carbonyl (C=O) groups is 1. The third-order valence-corrected chi connectivity index (χ3v) is 4.62. The topological polar surface area (TPSA) is 98.5 Å². The van der Waals surface area contributed by atoms with Crippen molar-refractivity contribution >= 4 is 40.0 Å². The summed E-state index contributed by atoms with van der Waals surface area (Å²) in [5.41, 5.74) is 3.14. The van der Waals surface area contributed by atoms with Crippen molar-refractivity contribution in [2.45, 2.75) is 0 Å². The molecule has 2 heterocycles. The first-order valence-corrected chi connectivity index (χ1v) is 9.63. The Labute approximate surface area is 183 Å². The quantitative estimate of drug-likeness (QED) is 0.454. The fourth-order valence-electron chi connectivity index (χ4n) is 2.90. The van der Waals surface area contributed by atoms with Crippen LogP contribution in [-0.2, 0) is 0 Å². The lowest BCUT2D eigenvalue weighted by molar-refractivity contribution is 0.0977. The van der Waals surface area contributed by atoms with Crippen LogP contribution in [0, 0.1) is 0 Å². The molecule has 2 aromatic heterocycles. The normalized spacial score (nSPS) is 10.5. The monoisotopic (exact) mass is 434 g/mol. The van der Waals surface area contributed by atoms with Crippen molar-refractivity contribution in [3.8, 4) is 23.0 Å². The van der Waals surface area contributed by atoms with Crippen LogP contribution < -0.4 is 20.1 Å². The number of amides is 1. The number of hydrogen-bond acceptors (Lipinski definition) is 7. The summed E-state index contributed by atoms with van der Waals surface area (Å²) >= 11 is 5.28. The van der Waals surface area contributed by atoms with Crippen LogP contribution in [0.2, 0.25) is 0 Å². The molecule has 4 rings (SSSR count). The van der Waals surface area contributed by atoms with Gasteiger partial charge in [0.05, 0.1) is 14.2 Å². The third kappa shape index (κ3) is 4.62. The Bertz CT molecular complexity index is 1230. The molecule has 0 bridgehead atoms. The van der Waals surface area contributed by atoms with Crippen molar-refractivity contribution in [2.24, 2.45) is 0 Å². The van der Waals surface area contributed by atoms with Crippen molar-refractivity contribution in [1.82, 2.24) is 15.3 Å². The van der Waals surface area contributed by atoms with Gasteiger partial charge in [-0.05, 0) is 54.7 Å². The van der Waals surface area contributed by atoms with Gasteiger partial charge in [-0.25, -0.2) is 4.98 Å². The van der Waals surface area contributed by atoms with Crippen LogP contribution in [0.4, 0.5) is 5.69 Å². The summed E-state index contributed by atoms with van der Waals surface area (Å²) in [6.45, 7) is 0. The molecule has 0 fully saturated rings. The standard InChI is InChI=1S/C22H18N4O4S/c1-28-16-9-14(10-17(12-16)29-2)20(27)26-22(31)24-15-3-4-19-18(11-15)25-21(30-19)13-5-7-23-8-6-13/h3-12H,1-2H3,(H2,24,26,27,31). The zero-order valence-electron chi connectivity index (χ0n) is 16.7. The van der Waals surface area contributed by atoms with E-state index in [4.69, 9.17) is 26.1 Å². The SMILES string of the molecule is COc1cc(OC)cc(C(=O)NC(=S)Nc2ccc3oc(-c4ccncc4)nc3c2)c1. The summed E-state index contributed by atoms with van der Waals surface area (Å²) in [5, 5.41) is 5.77. The minimum atomic E-state index is -0.391. The second-order valence-corrected chi connectivity index (χ2v) is 6.86. The summed E-state index contributed by atoms with van der Waals surface area (Å²) in [6.07, 6.45) is 3.35. The maximum atomic E-state index is 12.6. The minimum absolute atomic E-state index is 0.143. The number of methoxy groups -OCH3 is 2. The summed E-state index contributed by atoms with van der Waals surface area (Å²) in [4.78, 5) is 21.1. The maximum absolute atomic E-state index is 12.6. The number of nitrogens with one attached hydrogen (secondary N) is 2. The van der Waals surface area contributed by atoms with Crippen LogP contribution >= 0.6 is 12.2 Å². The molecule has 31 heavy (non-hydrogen) atoms. The first kappa shape index (κ1) is 20.3. The van der Waals surface area contributed by atoms with Gasteiger partial charge < -0.3 is 19.2 Å². The Morgan fingerprint density at radius 2 is 1.71 bits per heavy atom. The van der Waals surface area contributed by atoms with Gasteiger partial charge in [-0.1, -0.05) is 0 Å². The number of pyridine rings is 1. The highest BCUT2D eigenvalue weighted by Crippen LogP contribution is 2.26. The largest absolute Gasteiger partial charge is 0.497 e. The molecule has 0 spiro atoms. The Morgan fingerprint density at radius 1 is 1.00 bits per heavy atom. The Hall–Kier alpha value is -3.98. The number of aromatic nitrogens is 2. The van der Waals surface area contributed by atoms with Crippen LogP contribution in [0.3, 0.4) is 0 Å². The number of fused-ring (bicyclic) bond motifs is 1. The molecule has 2 N–H and O–H groups in total. The Kier molecular flexibility index (Phi) is 5.76. The average molecular weight is 434 g/mol.